The molecule has 0 bridgehead atoms. The van der Waals surface area contributed by atoms with Gasteiger partial charge in [-0.1, -0.05) is 27.5 Å². The molecule has 0 radical (unpaired) electrons. The van der Waals surface area contributed by atoms with Gasteiger partial charge in [0.2, 0.25) is 0 Å². The van der Waals surface area contributed by atoms with E-state index in [1.807, 2.05) is 0 Å². The van der Waals surface area contributed by atoms with Crippen molar-refractivity contribution in [1.82, 2.24) is 0 Å². The Balaban J connectivity index is 2.30. The number of nitrogens with zero attached hydrogens (tertiary/aromatic N) is 1. The predicted molar refractivity (Wildman–Crippen MR) is 82.7 cm³/mol. The number of carbonyl (C=O) groups excluding carboxylic acids is 1. The van der Waals surface area contributed by atoms with Crippen LogP contribution in [0.2, 0.25) is 5.02 Å². The zero-order valence-electron chi connectivity index (χ0n) is 10.2. The molecule has 0 aliphatic heterocycles. The van der Waals surface area contributed by atoms with Gasteiger partial charge in [-0.3, -0.25) is 4.79 Å². The van der Waals surface area contributed by atoms with Crippen LogP contribution in [0.5, 0.6) is 0 Å². The van der Waals surface area contributed by atoms with Crippen molar-refractivity contribution < 1.29 is 4.79 Å². The summed E-state index contributed by atoms with van der Waals surface area (Å²) in [4.78, 5) is 13.9. The highest BCUT2D eigenvalue weighted by Crippen LogP contribution is 2.24. The van der Waals surface area contributed by atoms with E-state index < -0.39 is 0 Å². The quantitative estimate of drug-likeness (QED) is 0.842. The van der Waals surface area contributed by atoms with Gasteiger partial charge in [0.05, 0.1) is 10.6 Å². The highest BCUT2D eigenvalue weighted by Gasteiger charge is 2.16. The molecule has 2 aromatic carbocycles. The molecule has 98 valence electrons. The number of hydrogen-bond acceptors (Lipinski definition) is 2. The lowest BCUT2D eigenvalue weighted by Crippen LogP contribution is -2.26. The molecular formula is C14H12BrClN2O. The fraction of sp³-hybridized carbons (Fsp3) is 0.0714. The van der Waals surface area contributed by atoms with Crippen LogP contribution in [0.3, 0.4) is 0 Å². The lowest BCUT2D eigenvalue weighted by molar-refractivity contribution is 0.0993. The Hall–Kier alpha value is -1.52. The highest BCUT2D eigenvalue weighted by molar-refractivity contribution is 9.10. The number of nitrogen functional groups attached to an aromatic ring is 1. The van der Waals surface area contributed by atoms with Gasteiger partial charge in [0.15, 0.2) is 0 Å². The predicted octanol–water partition coefficient (Wildman–Crippen LogP) is 3.96. The molecule has 0 spiro atoms. The van der Waals surface area contributed by atoms with Crippen LogP contribution in [-0.4, -0.2) is 13.0 Å². The number of benzene rings is 2. The summed E-state index contributed by atoms with van der Waals surface area (Å²) in [6, 6.07) is 12.3. The first-order valence-electron chi connectivity index (χ1n) is 5.57. The van der Waals surface area contributed by atoms with Gasteiger partial charge in [0.1, 0.15) is 0 Å². The Labute approximate surface area is 125 Å². The first-order chi connectivity index (χ1) is 8.99. The van der Waals surface area contributed by atoms with Crippen LogP contribution in [0, 0.1) is 0 Å². The van der Waals surface area contributed by atoms with Gasteiger partial charge in [0.25, 0.3) is 5.91 Å². The number of halogens is 2. The van der Waals surface area contributed by atoms with E-state index in [0.29, 0.717) is 16.3 Å². The minimum absolute atomic E-state index is 0.165. The normalized spacial score (nSPS) is 10.3. The van der Waals surface area contributed by atoms with Crippen LogP contribution < -0.4 is 10.6 Å². The van der Waals surface area contributed by atoms with Gasteiger partial charge < -0.3 is 10.6 Å². The molecular weight excluding hydrogens is 328 g/mol. The Morgan fingerprint density at radius 3 is 2.42 bits per heavy atom. The summed E-state index contributed by atoms with van der Waals surface area (Å²) in [5, 5.41) is 0.418. The van der Waals surface area contributed by atoms with E-state index in [-0.39, 0.29) is 5.91 Å². The third-order valence-electron chi connectivity index (χ3n) is 2.75. The Morgan fingerprint density at radius 2 is 1.84 bits per heavy atom. The van der Waals surface area contributed by atoms with Gasteiger partial charge in [0, 0.05) is 22.9 Å². The van der Waals surface area contributed by atoms with Crippen LogP contribution in [0.15, 0.2) is 46.9 Å². The van der Waals surface area contributed by atoms with Gasteiger partial charge in [-0.05, 0) is 42.5 Å². The van der Waals surface area contributed by atoms with Crippen LogP contribution in [-0.2, 0) is 0 Å². The summed E-state index contributed by atoms with van der Waals surface area (Å²) in [5.74, 6) is -0.165. The van der Waals surface area contributed by atoms with E-state index in [9.17, 15) is 4.79 Å². The topological polar surface area (TPSA) is 46.3 Å². The third-order valence-corrected chi connectivity index (χ3v) is 3.55. The van der Waals surface area contributed by atoms with Crippen molar-refractivity contribution in [3.63, 3.8) is 0 Å². The first kappa shape index (κ1) is 13.9. The van der Waals surface area contributed by atoms with Crippen molar-refractivity contribution in [3.05, 3.63) is 57.5 Å². The highest BCUT2D eigenvalue weighted by atomic mass is 79.9. The molecule has 2 rings (SSSR count). The van der Waals surface area contributed by atoms with Gasteiger partial charge >= 0.3 is 0 Å². The molecule has 3 nitrogen and oxygen atoms in total. The van der Waals surface area contributed by atoms with Crippen molar-refractivity contribution in [2.75, 3.05) is 17.7 Å². The smallest absolute Gasteiger partial charge is 0.259 e. The molecule has 1 amide bonds. The number of amides is 1. The molecule has 0 saturated carbocycles. The minimum atomic E-state index is -0.165. The zero-order valence-corrected chi connectivity index (χ0v) is 12.6. The molecule has 0 atom stereocenters. The fourth-order valence-electron chi connectivity index (χ4n) is 1.66. The maximum absolute atomic E-state index is 12.4. The summed E-state index contributed by atoms with van der Waals surface area (Å²) < 4.78 is 0.837. The third kappa shape index (κ3) is 3.08. The SMILES string of the molecule is CN(C(=O)c1ccc(Br)cc1Cl)c1ccc(N)cc1. The van der Waals surface area contributed by atoms with Gasteiger partial charge in [-0.2, -0.15) is 0 Å². The van der Waals surface area contributed by atoms with E-state index in [4.69, 9.17) is 17.3 Å². The lowest BCUT2D eigenvalue weighted by Gasteiger charge is -2.18. The summed E-state index contributed by atoms with van der Waals surface area (Å²) >= 11 is 9.40. The van der Waals surface area contributed by atoms with Crippen LogP contribution >= 0.6 is 27.5 Å². The number of nitrogens with two attached hydrogens (primary N) is 1. The molecule has 0 unspecified atom stereocenters. The number of rotatable bonds is 2. The lowest BCUT2D eigenvalue weighted by atomic mass is 10.2. The molecule has 2 N–H and O–H groups in total. The van der Waals surface area contributed by atoms with Crippen LogP contribution in [0.4, 0.5) is 11.4 Å². The van der Waals surface area contributed by atoms with Gasteiger partial charge in [-0.25, -0.2) is 0 Å². The second-order valence-corrected chi connectivity index (χ2v) is 5.40. The average Bonchev–Trinajstić information content (AvgIpc) is 2.38. The van der Waals surface area contributed by atoms with Crippen molar-refractivity contribution in [3.8, 4) is 0 Å². The maximum Gasteiger partial charge on any atom is 0.259 e. The van der Waals surface area contributed by atoms with E-state index in [1.165, 1.54) is 4.90 Å². The van der Waals surface area contributed by atoms with Crippen molar-refractivity contribution >= 4 is 44.8 Å². The number of hydrogen-bond donors (Lipinski definition) is 1. The van der Waals surface area contributed by atoms with Crippen molar-refractivity contribution in [2.45, 2.75) is 0 Å². The van der Waals surface area contributed by atoms with E-state index in [2.05, 4.69) is 15.9 Å². The fourth-order valence-corrected chi connectivity index (χ4v) is 2.41. The Morgan fingerprint density at radius 1 is 1.21 bits per heavy atom. The summed E-state index contributed by atoms with van der Waals surface area (Å²) in [6.07, 6.45) is 0. The summed E-state index contributed by atoms with van der Waals surface area (Å²) in [6.45, 7) is 0. The zero-order chi connectivity index (χ0) is 14.0. The number of carbonyl (C=O) groups is 1. The van der Waals surface area contributed by atoms with E-state index in [0.717, 1.165) is 10.2 Å². The van der Waals surface area contributed by atoms with Crippen molar-refractivity contribution in [2.24, 2.45) is 0 Å². The van der Waals surface area contributed by atoms with Gasteiger partial charge in [-0.15, -0.1) is 0 Å². The second kappa shape index (κ2) is 5.63. The van der Waals surface area contributed by atoms with E-state index >= 15 is 0 Å². The molecule has 0 heterocycles. The average molecular weight is 340 g/mol. The van der Waals surface area contributed by atoms with Crippen LogP contribution in [0.1, 0.15) is 10.4 Å². The first-order valence-corrected chi connectivity index (χ1v) is 6.75. The largest absolute Gasteiger partial charge is 0.399 e. The summed E-state index contributed by atoms with van der Waals surface area (Å²) in [7, 11) is 1.70. The Kier molecular flexibility index (Phi) is 4.12. The van der Waals surface area contributed by atoms with Crippen molar-refractivity contribution in [1.29, 1.82) is 0 Å². The molecule has 5 heteroatoms. The standard InChI is InChI=1S/C14H12BrClN2O/c1-18(11-5-3-10(17)4-6-11)14(19)12-7-2-9(15)8-13(12)16/h2-8H,17H2,1H3. The molecule has 0 fully saturated rings. The molecule has 0 aliphatic rings. The minimum Gasteiger partial charge on any atom is -0.399 e. The monoisotopic (exact) mass is 338 g/mol. The molecule has 2 aromatic rings. The van der Waals surface area contributed by atoms with E-state index in [1.54, 1.807) is 49.5 Å². The molecule has 19 heavy (non-hydrogen) atoms. The van der Waals surface area contributed by atoms with Crippen LogP contribution in [0.25, 0.3) is 0 Å². The maximum atomic E-state index is 12.4. The number of anilines is 2. The molecule has 0 aromatic heterocycles. The summed E-state index contributed by atoms with van der Waals surface area (Å²) in [5.41, 5.74) is 7.51. The second-order valence-electron chi connectivity index (χ2n) is 4.08. The Bertz CT molecular complexity index is 613. The molecule has 0 aliphatic carbocycles. The molecule has 0 saturated heterocycles.